The second-order valence-corrected chi connectivity index (χ2v) is 6.72. The third kappa shape index (κ3) is 3.33. The maximum Gasteiger partial charge on any atom is 0.418 e. The Bertz CT molecular complexity index is 1130. The molecule has 0 bridgehead atoms. The van der Waals surface area contributed by atoms with Gasteiger partial charge in [-0.15, -0.1) is 0 Å². The van der Waals surface area contributed by atoms with Gasteiger partial charge in [-0.1, -0.05) is 17.3 Å². The van der Waals surface area contributed by atoms with E-state index in [0.717, 1.165) is 22.5 Å². The molecule has 0 aliphatic heterocycles. The minimum atomic E-state index is -4.51. The molecule has 5 nitrogen and oxygen atoms in total. The van der Waals surface area contributed by atoms with Crippen LogP contribution in [-0.2, 0) is 6.18 Å². The van der Waals surface area contributed by atoms with Gasteiger partial charge in [-0.2, -0.15) is 18.2 Å². The van der Waals surface area contributed by atoms with E-state index in [0.29, 0.717) is 5.82 Å². The van der Waals surface area contributed by atoms with Crippen LogP contribution in [0.4, 0.5) is 18.9 Å². The quantitative estimate of drug-likeness (QED) is 0.470. The predicted molar refractivity (Wildman–Crippen MR) is 101 cm³/mol. The Morgan fingerprint density at radius 2 is 1.93 bits per heavy atom. The van der Waals surface area contributed by atoms with Gasteiger partial charge in [0.25, 0.3) is 5.89 Å². The van der Waals surface area contributed by atoms with Gasteiger partial charge in [0.15, 0.2) is 0 Å². The summed E-state index contributed by atoms with van der Waals surface area (Å²) < 4.78 is 45.7. The molecular weight excluding hydrogens is 369 g/mol. The number of nitrogens with one attached hydrogen (secondary N) is 2. The third-order valence-electron chi connectivity index (χ3n) is 4.28. The van der Waals surface area contributed by atoms with Crippen molar-refractivity contribution in [1.29, 1.82) is 0 Å². The van der Waals surface area contributed by atoms with Crippen LogP contribution in [0.2, 0.25) is 0 Å². The van der Waals surface area contributed by atoms with E-state index in [1.165, 1.54) is 12.1 Å². The molecule has 0 unspecified atom stereocenters. The fourth-order valence-electron chi connectivity index (χ4n) is 3.08. The van der Waals surface area contributed by atoms with Crippen molar-refractivity contribution in [2.75, 3.05) is 5.32 Å². The van der Waals surface area contributed by atoms with E-state index < -0.39 is 11.7 Å². The standard InChI is InChI=1S/C20H17F3N4O/c1-11(2)25-17-7-6-12(10-15(17)20(21,22)23)19-26-18(27-28-19)14-4-3-5-16-13(14)8-9-24-16/h3-11,24-25H,1-2H3. The molecule has 2 aromatic carbocycles. The number of hydrogen-bond acceptors (Lipinski definition) is 4. The first-order valence-electron chi connectivity index (χ1n) is 8.71. The van der Waals surface area contributed by atoms with Crippen LogP contribution >= 0.6 is 0 Å². The van der Waals surface area contributed by atoms with Crippen molar-refractivity contribution in [2.45, 2.75) is 26.1 Å². The number of benzene rings is 2. The topological polar surface area (TPSA) is 66.7 Å². The molecule has 0 amide bonds. The Morgan fingerprint density at radius 1 is 1.11 bits per heavy atom. The zero-order chi connectivity index (χ0) is 19.9. The third-order valence-corrected chi connectivity index (χ3v) is 4.28. The van der Waals surface area contributed by atoms with Crippen LogP contribution in [-0.4, -0.2) is 21.2 Å². The number of hydrogen-bond donors (Lipinski definition) is 2. The number of halogens is 3. The van der Waals surface area contributed by atoms with E-state index in [4.69, 9.17) is 4.52 Å². The van der Waals surface area contributed by atoms with Gasteiger partial charge in [0.05, 0.1) is 5.56 Å². The molecule has 0 spiro atoms. The highest BCUT2D eigenvalue weighted by Gasteiger charge is 2.34. The molecule has 8 heteroatoms. The van der Waals surface area contributed by atoms with Gasteiger partial charge in [-0.3, -0.25) is 0 Å². The summed E-state index contributed by atoms with van der Waals surface area (Å²) in [6.45, 7) is 3.56. The Morgan fingerprint density at radius 3 is 2.68 bits per heavy atom. The van der Waals surface area contributed by atoms with Gasteiger partial charge >= 0.3 is 6.18 Å². The van der Waals surface area contributed by atoms with Crippen molar-refractivity contribution in [1.82, 2.24) is 15.1 Å². The van der Waals surface area contributed by atoms with Crippen molar-refractivity contribution in [2.24, 2.45) is 0 Å². The molecule has 2 aromatic heterocycles. The number of anilines is 1. The smallest absolute Gasteiger partial charge is 0.382 e. The second kappa shape index (κ2) is 6.70. The second-order valence-electron chi connectivity index (χ2n) is 6.72. The van der Waals surface area contributed by atoms with Gasteiger partial charge in [0.1, 0.15) is 0 Å². The monoisotopic (exact) mass is 386 g/mol. The Kier molecular flexibility index (Phi) is 4.33. The van der Waals surface area contributed by atoms with Crippen molar-refractivity contribution < 1.29 is 17.7 Å². The van der Waals surface area contributed by atoms with Gasteiger partial charge < -0.3 is 14.8 Å². The molecule has 0 saturated carbocycles. The molecule has 144 valence electrons. The summed E-state index contributed by atoms with van der Waals surface area (Å²) in [4.78, 5) is 7.41. The van der Waals surface area contributed by atoms with Crippen LogP contribution in [0, 0.1) is 0 Å². The minimum absolute atomic E-state index is 0.0167. The molecule has 0 atom stereocenters. The van der Waals surface area contributed by atoms with E-state index in [1.54, 1.807) is 20.0 Å². The van der Waals surface area contributed by atoms with Crippen LogP contribution in [0.1, 0.15) is 19.4 Å². The van der Waals surface area contributed by atoms with Crippen molar-refractivity contribution in [3.63, 3.8) is 0 Å². The lowest BCUT2D eigenvalue weighted by Gasteiger charge is -2.17. The van der Waals surface area contributed by atoms with Crippen molar-refractivity contribution in [3.05, 3.63) is 54.2 Å². The van der Waals surface area contributed by atoms with Crippen LogP contribution in [0.15, 0.2) is 53.2 Å². The number of aromatic nitrogens is 3. The maximum atomic E-state index is 13.5. The summed E-state index contributed by atoms with van der Waals surface area (Å²) in [5.74, 6) is 0.349. The van der Waals surface area contributed by atoms with E-state index in [-0.39, 0.29) is 23.2 Å². The highest BCUT2D eigenvalue weighted by atomic mass is 19.4. The Hall–Kier alpha value is -3.29. The highest BCUT2D eigenvalue weighted by molar-refractivity contribution is 5.93. The number of aromatic amines is 1. The summed E-state index contributed by atoms with van der Waals surface area (Å²) >= 11 is 0. The average molecular weight is 386 g/mol. The predicted octanol–water partition coefficient (Wildman–Crippen LogP) is 5.72. The first kappa shape index (κ1) is 18.1. The maximum absolute atomic E-state index is 13.5. The molecule has 0 fully saturated rings. The lowest BCUT2D eigenvalue weighted by Crippen LogP contribution is -2.15. The summed E-state index contributed by atoms with van der Waals surface area (Å²) in [6, 6.07) is 11.3. The Labute approximate surface area is 158 Å². The van der Waals surface area contributed by atoms with E-state index in [2.05, 4.69) is 20.4 Å². The molecular formula is C20H17F3N4O. The largest absolute Gasteiger partial charge is 0.418 e. The molecule has 0 aliphatic rings. The number of rotatable bonds is 4. The summed E-state index contributed by atoms with van der Waals surface area (Å²) in [7, 11) is 0. The van der Waals surface area contributed by atoms with Crippen LogP contribution < -0.4 is 5.32 Å². The first-order chi connectivity index (χ1) is 13.3. The lowest BCUT2D eigenvalue weighted by atomic mass is 10.1. The highest BCUT2D eigenvalue weighted by Crippen LogP contribution is 2.38. The van der Waals surface area contributed by atoms with E-state index in [9.17, 15) is 13.2 Å². The van der Waals surface area contributed by atoms with Gasteiger partial charge in [-0.05, 0) is 44.2 Å². The number of H-pyrrole nitrogens is 1. The van der Waals surface area contributed by atoms with Crippen LogP contribution in [0.5, 0.6) is 0 Å². The summed E-state index contributed by atoms with van der Waals surface area (Å²) in [6.07, 6.45) is -2.71. The number of alkyl halides is 3. The molecule has 4 rings (SSSR count). The zero-order valence-electron chi connectivity index (χ0n) is 15.1. The Balaban J connectivity index is 1.75. The average Bonchev–Trinajstić information content (AvgIpc) is 3.30. The lowest BCUT2D eigenvalue weighted by molar-refractivity contribution is -0.136. The van der Waals surface area contributed by atoms with Crippen molar-refractivity contribution >= 4 is 16.6 Å². The number of fused-ring (bicyclic) bond motifs is 1. The number of nitrogens with zero attached hydrogens (tertiary/aromatic N) is 2. The zero-order valence-corrected chi connectivity index (χ0v) is 15.1. The van der Waals surface area contributed by atoms with Gasteiger partial charge in [0.2, 0.25) is 5.82 Å². The SMILES string of the molecule is CC(C)Nc1ccc(-c2nc(-c3cccc4[nH]ccc34)no2)cc1C(F)(F)F. The van der Waals surface area contributed by atoms with E-state index in [1.807, 2.05) is 24.3 Å². The molecule has 0 saturated heterocycles. The molecule has 4 aromatic rings. The van der Waals surface area contributed by atoms with Crippen LogP contribution in [0.3, 0.4) is 0 Å². The van der Waals surface area contributed by atoms with E-state index >= 15 is 0 Å². The fourth-order valence-corrected chi connectivity index (χ4v) is 3.08. The van der Waals surface area contributed by atoms with Gasteiger partial charge in [0, 0.05) is 40.0 Å². The molecule has 0 aliphatic carbocycles. The van der Waals surface area contributed by atoms with Crippen molar-refractivity contribution in [3.8, 4) is 22.8 Å². The van der Waals surface area contributed by atoms with Gasteiger partial charge in [-0.25, -0.2) is 0 Å². The minimum Gasteiger partial charge on any atom is -0.382 e. The molecule has 2 N–H and O–H groups in total. The summed E-state index contributed by atoms with van der Waals surface area (Å²) in [5.41, 5.74) is 1.10. The molecule has 2 heterocycles. The first-order valence-corrected chi connectivity index (χ1v) is 8.71. The fraction of sp³-hybridized carbons (Fsp3) is 0.200. The molecule has 28 heavy (non-hydrogen) atoms. The summed E-state index contributed by atoms with van der Waals surface area (Å²) in [5, 5.41) is 7.68. The normalized spacial score (nSPS) is 12.1. The molecule has 0 radical (unpaired) electrons. The van der Waals surface area contributed by atoms with Crippen LogP contribution in [0.25, 0.3) is 33.7 Å².